The Morgan fingerprint density at radius 3 is 2.07 bits per heavy atom. The van der Waals surface area contributed by atoms with Crippen molar-refractivity contribution in [3.05, 3.63) is 0 Å². The molecule has 2 unspecified atom stereocenters. The average Bonchev–Trinajstić information content (AvgIpc) is 2.15. The molecule has 0 fully saturated rings. The van der Waals surface area contributed by atoms with Gasteiger partial charge in [0, 0.05) is 12.6 Å². The van der Waals surface area contributed by atoms with Crippen LogP contribution in [0.25, 0.3) is 0 Å². The second kappa shape index (κ2) is 6.33. The largest absolute Gasteiger partial charge is 0.401 e. The van der Waals surface area contributed by atoms with Gasteiger partial charge in [0.15, 0.2) is 0 Å². The van der Waals surface area contributed by atoms with Crippen LogP contribution in [0.5, 0.6) is 0 Å². The molecule has 0 radical (unpaired) electrons. The molecule has 0 aliphatic carbocycles. The molecule has 0 saturated heterocycles. The summed E-state index contributed by atoms with van der Waals surface area (Å²) in [7, 11) is 0. The number of nitrogens with zero attached hydrogens (tertiary/aromatic N) is 1. The molecule has 0 aliphatic heterocycles. The summed E-state index contributed by atoms with van der Waals surface area (Å²) in [4.78, 5) is 1.41. The molecule has 2 atom stereocenters. The minimum Gasteiger partial charge on any atom is -0.329 e. The van der Waals surface area contributed by atoms with Gasteiger partial charge in [0.25, 0.3) is 0 Å². The Labute approximate surface area is 89.6 Å². The van der Waals surface area contributed by atoms with E-state index in [4.69, 9.17) is 5.73 Å². The van der Waals surface area contributed by atoms with Crippen LogP contribution < -0.4 is 5.73 Å². The fourth-order valence-corrected chi connectivity index (χ4v) is 1.71. The van der Waals surface area contributed by atoms with Crippen molar-refractivity contribution in [3.8, 4) is 0 Å². The number of rotatable bonds is 6. The molecule has 15 heavy (non-hydrogen) atoms. The van der Waals surface area contributed by atoms with Gasteiger partial charge in [-0.1, -0.05) is 27.2 Å². The smallest absolute Gasteiger partial charge is 0.329 e. The number of hydrogen-bond acceptors (Lipinski definition) is 2. The second-order valence-electron chi connectivity index (χ2n) is 3.87. The molecule has 0 aromatic carbocycles. The van der Waals surface area contributed by atoms with E-state index in [1.807, 2.05) is 13.8 Å². The Hall–Kier alpha value is -0.290. The monoisotopic (exact) mass is 226 g/mol. The third-order valence-electron chi connectivity index (χ3n) is 2.80. The average molecular weight is 226 g/mol. The minimum absolute atomic E-state index is 0.179. The van der Waals surface area contributed by atoms with E-state index in [-0.39, 0.29) is 18.5 Å². The first-order chi connectivity index (χ1) is 6.85. The van der Waals surface area contributed by atoms with Crippen LogP contribution in [0, 0.1) is 5.92 Å². The summed E-state index contributed by atoms with van der Waals surface area (Å²) in [5.41, 5.74) is 5.54. The third-order valence-corrected chi connectivity index (χ3v) is 2.80. The van der Waals surface area contributed by atoms with Crippen LogP contribution in [0.1, 0.15) is 27.2 Å². The number of halogens is 3. The fourth-order valence-electron chi connectivity index (χ4n) is 1.71. The standard InChI is InChI=1S/C10H21F3N2/c1-4-8(3)9(6-14)15(5-2)7-10(11,12)13/h8-9H,4-7,14H2,1-3H3. The summed E-state index contributed by atoms with van der Waals surface area (Å²) in [6, 6.07) is -0.179. The van der Waals surface area contributed by atoms with Crippen LogP contribution in [-0.4, -0.2) is 36.8 Å². The Bertz CT molecular complexity index is 171. The number of nitrogens with two attached hydrogens (primary N) is 1. The van der Waals surface area contributed by atoms with E-state index in [9.17, 15) is 13.2 Å². The highest BCUT2D eigenvalue weighted by atomic mass is 19.4. The summed E-state index contributed by atoms with van der Waals surface area (Å²) >= 11 is 0. The molecule has 0 saturated carbocycles. The third kappa shape index (κ3) is 5.37. The summed E-state index contributed by atoms with van der Waals surface area (Å²) in [5.74, 6) is 0.192. The number of alkyl halides is 3. The number of likely N-dealkylation sites (N-methyl/N-ethyl adjacent to an activating group) is 1. The van der Waals surface area contributed by atoms with Crippen LogP contribution in [0.2, 0.25) is 0 Å². The van der Waals surface area contributed by atoms with Crippen LogP contribution in [0.4, 0.5) is 13.2 Å². The van der Waals surface area contributed by atoms with E-state index in [2.05, 4.69) is 0 Å². The second-order valence-corrected chi connectivity index (χ2v) is 3.87. The van der Waals surface area contributed by atoms with Gasteiger partial charge in [0.2, 0.25) is 0 Å². The molecular weight excluding hydrogens is 205 g/mol. The van der Waals surface area contributed by atoms with Gasteiger partial charge in [0.05, 0.1) is 6.54 Å². The molecule has 0 heterocycles. The van der Waals surface area contributed by atoms with E-state index < -0.39 is 12.7 Å². The van der Waals surface area contributed by atoms with Gasteiger partial charge in [-0.05, 0) is 12.5 Å². The van der Waals surface area contributed by atoms with Crippen molar-refractivity contribution < 1.29 is 13.2 Å². The van der Waals surface area contributed by atoms with Crippen molar-refractivity contribution in [2.45, 2.75) is 39.4 Å². The maximum atomic E-state index is 12.3. The summed E-state index contributed by atoms with van der Waals surface area (Å²) < 4.78 is 36.8. The maximum absolute atomic E-state index is 12.3. The first-order valence-corrected chi connectivity index (χ1v) is 5.36. The molecule has 5 heteroatoms. The Kier molecular flexibility index (Phi) is 6.20. The number of hydrogen-bond donors (Lipinski definition) is 1. The van der Waals surface area contributed by atoms with Crippen molar-refractivity contribution in [1.82, 2.24) is 4.90 Å². The highest BCUT2D eigenvalue weighted by Gasteiger charge is 2.33. The van der Waals surface area contributed by atoms with Gasteiger partial charge in [0.1, 0.15) is 0 Å². The minimum atomic E-state index is -4.14. The molecular formula is C10H21F3N2. The zero-order valence-corrected chi connectivity index (χ0v) is 9.64. The first kappa shape index (κ1) is 14.7. The van der Waals surface area contributed by atoms with Crippen molar-refractivity contribution in [2.24, 2.45) is 11.7 Å². The Morgan fingerprint density at radius 1 is 1.27 bits per heavy atom. The highest BCUT2D eigenvalue weighted by Crippen LogP contribution is 2.21. The van der Waals surface area contributed by atoms with E-state index in [1.54, 1.807) is 6.92 Å². The van der Waals surface area contributed by atoms with Crippen LogP contribution in [0.3, 0.4) is 0 Å². The van der Waals surface area contributed by atoms with Gasteiger partial charge >= 0.3 is 6.18 Å². The Morgan fingerprint density at radius 2 is 1.80 bits per heavy atom. The lowest BCUT2D eigenvalue weighted by Crippen LogP contribution is -2.48. The van der Waals surface area contributed by atoms with E-state index in [0.29, 0.717) is 6.54 Å². The molecule has 0 bridgehead atoms. The maximum Gasteiger partial charge on any atom is 0.401 e. The van der Waals surface area contributed by atoms with Crippen molar-refractivity contribution >= 4 is 0 Å². The van der Waals surface area contributed by atoms with Crippen molar-refractivity contribution in [3.63, 3.8) is 0 Å². The van der Waals surface area contributed by atoms with Gasteiger partial charge in [-0.3, -0.25) is 4.90 Å². The predicted molar refractivity (Wildman–Crippen MR) is 55.6 cm³/mol. The van der Waals surface area contributed by atoms with Gasteiger partial charge in [-0.2, -0.15) is 13.2 Å². The fraction of sp³-hybridized carbons (Fsp3) is 1.00. The molecule has 0 rings (SSSR count). The summed E-state index contributed by atoms with van der Waals surface area (Å²) in [6.07, 6.45) is -3.30. The van der Waals surface area contributed by atoms with Crippen LogP contribution in [0.15, 0.2) is 0 Å². The Balaban J connectivity index is 4.47. The topological polar surface area (TPSA) is 29.3 Å². The molecule has 0 aromatic rings. The molecule has 2 N–H and O–H groups in total. The molecule has 92 valence electrons. The van der Waals surface area contributed by atoms with Gasteiger partial charge < -0.3 is 5.73 Å². The van der Waals surface area contributed by atoms with E-state index >= 15 is 0 Å². The molecule has 0 spiro atoms. The van der Waals surface area contributed by atoms with Crippen molar-refractivity contribution in [2.75, 3.05) is 19.6 Å². The van der Waals surface area contributed by atoms with E-state index in [1.165, 1.54) is 4.90 Å². The predicted octanol–water partition coefficient (Wildman–Crippen LogP) is 2.24. The normalized spacial score (nSPS) is 16.8. The molecule has 2 nitrogen and oxygen atoms in total. The lowest BCUT2D eigenvalue weighted by molar-refractivity contribution is -0.152. The van der Waals surface area contributed by atoms with Gasteiger partial charge in [-0.25, -0.2) is 0 Å². The molecule has 0 aliphatic rings. The van der Waals surface area contributed by atoms with Crippen molar-refractivity contribution in [1.29, 1.82) is 0 Å². The lowest BCUT2D eigenvalue weighted by Gasteiger charge is -2.34. The zero-order valence-electron chi connectivity index (χ0n) is 9.64. The summed E-state index contributed by atoms with van der Waals surface area (Å²) in [5, 5.41) is 0. The lowest BCUT2D eigenvalue weighted by atomic mass is 9.97. The molecule has 0 aromatic heterocycles. The van der Waals surface area contributed by atoms with Gasteiger partial charge in [-0.15, -0.1) is 0 Å². The SMILES string of the molecule is CCC(C)C(CN)N(CC)CC(F)(F)F. The van der Waals surface area contributed by atoms with Crippen LogP contribution >= 0.6 is 0 Å². The molecule has 0 amide bonds. The van der Waals surface area contributed by atoms with Crippen LogP contribution in [-0.2, 0) is 0 Å². The quantitative estimate of drug-likeness (QED) is 0.752. The van der Waals surface area contributed by atoms with E-state index in [0.717, 1.165) is 6.42 Å². The zero-order chi connectivity index (χ0) is 12.1. The summed E-state index contributed by atoms with van der Waals surface area (Å²) in [6.45, 7) is 5.43. The highest BCUT2D eigenvalue weighted by molar-refractivity contribution is 4.78. The first-order valence-electron chi connectivity index (χ1n) is 5.36.